The predicted octanol–water partition coefficient (Wildman–Crippen LogP) is 9.21. The lowest BCUT2D eigenvalue weighted by Gasteiger charge is -2.61. The van der Waals surface area contributed by atoms with Gasteiger partial charge in [0.25, 0.3) is 0 Å². The minimum atomic E-state index is -1.28. The average molecular weight is 1900 g/mol. The molecule has 7 saturated heterocycles. The number of aryl methyl sites for hydroxylation is 1. The number of phenols is 2. The van der Waals surface area contributed by atoms with E-state index in [1.807, 2.05) is 138 Å². The van der Waals surface area contributed by atoms with Crippen molar-refractivity contribution >= 4 is 87.3 Å². The molecule has 726 valence electrons. The number of likely N-dealkylation sites (tertiary alicyclic amines) is 5. The number of carbonyl (C=O) groups excluding carboxylic acids is 6. The summed E-state index contributed by atoms with van der Waals surface area (Å²) in [5.74, 6) is 4.08. The van der Waals surface area contributed by atoms with Crippen LogP contribution in [0.5, 0.6) is 11.5 Å². The molecular formula is C103H123N25O10S. The van der Waals surface area contributed by atoms with Crippen LogP contribution in [-0.2, 0) is 38.7 Å². The Morgan fingerprint density at radius 3 is 1.79 bits per heavy atom. The molecule has 10 aromatic rings. The number of thiazole rings is 1. The topological polar surface area (TPSA) is 408 Å². The summed E-state index contributed by atoms with van der Waals surface area (Å²) in [6, 6.07) is 30.3. The Balaban J connectivity index is 0.489. The van der Waals surface area contributed by atoms with Crippen LogP contribution in [0, 0.1) is 35.5 Å². The van der Waals surface area contributed by atoms with Crippen molar-refractivity contribution in [3.63, 3.8) is 0 Å². The molecule has 0 unspecified atom stereocenters. The number of H-pyrrole nitrogens is 1. The smallest absolute Gasteiger partial charge is 0.318 e. The quantitative estimate of drug-likeness (QED) is 0.0252. The number of terminal acetylenes is 1. The number of aliphatic hydroxyl groups excluding tert-OH is 2. The van der Waals surface area contributed by atoms with Gasteiger partial charge in [-0.3, -0.25) is 24.1 Å². The van der Waals surface area contributed by atoms with E-state index >= 15 is 19.2 Å². The summed E-state index contributed by atoms with van der Waals surface area (Å²) in [4.78, 5) is 141. The number of para-hydroxylation sites is 2. The molecule has 0 radical (unpaired) electrons. The van der Waals surface area contributed by atoms with Crippen LogP contribution in [0.2, 0.25) is 0 Å². The Hall–Kier alpha value is -13.2. The lowest BCUT2D eigenvalue weighted by molar-refractivity contribution is -0.143. The van der Waals surface area contributed by atoms with Crippen LogP contribution in [0.4, 0.5) is 38.8 Å². The number of aromatic nitrogens is 10. The number of nitrogens with one attached hydrogen (secondary N) is 6. The fourth-order valence-corrected chi connectivity index (χ4v) is 23.8. The zero-order valence-electron chi connectivity index (χ0n) is 79.6. The number of phenolic OH excluding ortho intramolecular Hbond substituents is 2. The number of piperidine rings is 2. The summed E-state index contributed by atoms with van der Waals surface area (Å²) < 4.78 is 0. The summed E-state index contributed by atoms with van der Waals surface area (Å²) in [5, 5.41) is 79.2. The first-order valence-electron chi connectivity index (χ1n) is 49.1. The van der Waals surface area contributed by atoms with Gasteiger partial charge in [-0.25, -0.2) is 29.5 Å². The second-order valence-corrected chi connectivity index (χ2v) is 41.9. The molecule has 10 N–H and O–H groups in total. The number of aromatic hydroxyl groups is 2. The lowest BCUT2D eigenvalue weighted by atomic mass is 9.60. The lowest BCUT2D eigenvalue weighted by Crippen LogP contribution is -2.71. The van der Waals surface area contributed by atoms with Crippen molar-refractivity contribution in [1.82, 2.24) is 101 Å². The molecule has 35 nitrogen and oxygen atoms in total. The normalized spacial score (nSPS) is 21.9. The van der Waals surface area contributed by atoms with Gasteiger partial charge in [-0.1, -0.05) is 94.3 Å². The van der Waals surface area contributed by atoms with Crippen molar-refractivity contribution in [3.05, 3.63) is 179 Å². The molecule has 1 saturated carbocycles. The van der Waals surface area contributed by atoms with Gasteiger partial charge in [0.1, 0.15) is 41.5 Å². The summed E-state index contributed by atoms with van der Waals surface area (Å²) in [7, 11) is 0. The third kappa shape index (κ3) is 19.2. The molecule has 10 aliphatic rings. The first-order chi connectivity index (χ1) is 67.1. The number of hydrogen-bond donors (Lipinski definition) is 10. The fraction of sp³-hybridized carbons (Fsp3) is 0.485. The summed E-state index contributed by atoms with van der Waals surface area (Å²) in [5.41, 5.74) is 11.0. The number of β-amino-alcohol motifs (C(OH)–C–C–N with tert-alkyl or cyclic N) is 2. The van der Waals surface area contributed by atoms with E-state index in [1.165, 1.54) is 9.80 Å². The maximum Gasteiger partial charge on any atom is 0.318 e. The van der Waals surface area contributed by atoms with Gasteiger partial charge in [0, 0.05) is 200 Å². The van der Waals surface area contributed by atoms with E-state index in [-0.39, 0.29) is 92.8 Å². The van der Waals surface area contributed by atoms with Crippen molar-refractivity contribution in [1.29, 1.82) is 0 Å². The molecule has 9 aliphatic heterocycles. The van der Waals surface area contributed by atoms with Crippen LogP contribution < -0.4 is 46.2 Å². The number of fused-ring (bicyclic) bond motifs is 6. The van der Waals surface area contributed by atoms with Gasteiger partial charge in [-0.15, -0.1) is 38.2 Å². The molecule has 6 aromatic heterocycles. The molecule has 1 spiro atoms. The SMILES string of the molecule is C#Cc1ccc(CNC(=O)[C@@H]2C[C@@H](O)CN2C(=O)[C@@H](NC(=O)N2CCC(N3CCC(c4cnc(N5CCc6[nH]c7nnc(-c8ccccc8O)cc7c6[C@H]5C)nc4)CC3)CC2)C(C)(C)CCC(C)(C)[C@H](NC(=O)N2CC3(CC(N4CCN(c5ccnc(N6CCN7c8cc(-c9ccccc9O)nnc8NC[C@H]7C6)n5)CC4)C3)C2)C(=O)N2C[C@H](O)C[C@H]2C(=O)NCc2ccc(-c3scnc3C)cc2)cc1. The second kappa shape index (κ2) is 38.9. The average Bonchev–Trinajstić information content (AvgIpc) is 1.60. The third-order valence-electron chi connectivity index (χ3n) is 31.3. The Morgan fingerprint density at radius 1 is 0.604 bits per heavy atom. The first-order valence-corrected chi connectivity index (χ1v) is 49.9. The number of carbonyl (C=O) groups is 6. The van der Waals surface area contributed by atoms with Crippen LogP contribution in [0.3, 0.4) is 0 Å². The monoisotopic (exact) mass is 1900 g/mol. The molecule has 15 heterocycles. The van der Waals surface area contributed by atoms with E-state index in [1.54, 1.807) is 57.5 Å². The number of aliphatic hydroxyl groups is 2. The van der Waals surface area contributed by atoms with Crippen molar-refractivity contribution < 1.29 is 49.2 Å². The number of hydrogen-bond acceptors (Lipinski definition) is 27. The fourth-order valence-electron chi connectivity index (χ4n) is 22.9. The largest absolute Gasteiger partial charge is 0.507 e. The summed E-state index contributed by atoms with van der Waals surface area (Å²) in [6.45, 7) is 21.9. The number of aromatic amines is 1. The van der Waals surface area contributed by atoms with Gasteiger partial charge in [-0.05, 0) is 172 Å². The van der Waals surface area contributed by atoms with Crippen LogP contribution in [-0.4, -0.2) is 302 Å². The van der Waals surface area contributed by atoms with Gasteiger partial charge in [0.05, 0.1) is 57.4 Å². The highest BCUT2D eigenvalue weighted by Crippen LogP contribution is 2.52. The Kier molecular flexibility index (Phi) is 26.1. The maximum absolute atomic E-state index is 16.0. The standard InChI is InChI=1S/C103H123N25O10S/c1-8-64-17-19-65(20-18-64)51-106-93(133)82-45-73(129)57-127(82)95(135)89(113-99(137)122-36-28-70(29-37-122)119-34-26-67(27-35-119)69-53-108-97(109-54-69)125-38-30-78-87(63(125)3)77-47-79(115-117-91(77)111-78)75-13-9-11-15-84(75)131)101(4,5)31-32-102(6,7)90(96(136)128-58-74(130)46-83(128)94(134)107-52-66-21-23-68(24-22-66)88-62(2)110-61-139-88)114-100(138)124-59-103(60-124)49-71(50-103)120-39-41-121(42-40-120)86-25-33-104-98(112-86)123-43-44-126-72(56-123)55-105-92-81(126)48-80(116-118-92)76-14-10-12-16-85(76)132/h1,9-25,33,47-48,53-54,61,63,67,70-74,82-83,89-90,129-132H,26-32,34-46,49-52,55-60H2,2-7H3,(H,105,118)(H,106,133)(H,107,134)(H,111,117)(H,113,137)(H,114,138)/t63-,72+,73-,74-,82+,83+,89-,90-/m1/s1. The number of benzene rings is 4. The van der Waals surface area contributed by atoms with Crippen molar-refractivity contribution in [2.75, 3.05) is 136 Å². The van der Waals surface area contributed by atoms with Gasteiger partial charge in [0.2, 0.25) is 35.5 Å². The number of amides is 8. The third-order valence-corrected chi connectivity index (χ3v) is 32.3. The van der Waals surface area contributed by atoms with Crippen LogP contribution in [0.25, 0.3) is 44.0 Å². The van der Waals surface area contributed by atoms with Crippen molar-refractivity contribution in [2.24, 2.45) is 16.2 Å². The molecule has 1 aliphatic carbocycles. The maximum atomic E-state index is 16.0. The molecule has 139 heavy (non-hydrogen) atoms. The molecule has 36 heteroatoms. The molecule has 8 amide bonds. The van der Waals surface area contributed by atoms with E-state index in [4.69, 9.17) is 26.4 Å². The van der Waals surface area contributed by atoms with Gasteiger partial charge >= 0.3 is 12.1 Å². The second-order valence-electron chi connectivity index (χ2n) is 41.1. The van der Waals surface area contributed by atoms with E-state index in [2.05, 4.69) is 99.2 Å². The Labute approximate surface area is 812 Å². The van der Waals surface area contributed by atoms with Crippen molar-refractivity contribution in [2.45, 2.75) is 192 Å². The van der Waals surface area contributed by atoms with Crippen molar-refractivity contribution in [3.8, 4) is 56.8 Å². The Morgan fingerprint density at radius 2 is 1.19 bits per heavy atom. The van der Waals surface area contributed by atoms with Gasteiger partial charge < -0.3 is 96.1 Å². The summed E-state index contributed by atoms with van der Waals surface area (Å²) in [6.07, 6.45) is 15.4. The number of urea groups is 2. The van der Waals surface area contributed by atoms with Crippen LogP contribution in [0.1, 0.15) is 150 Å². The highest BCUT2D eigenvalue weighted by Gasteiger charge is 2.57. The number of anilines is 5. The first kappa shape index (κ1) is 93.4. The van der Waals surface area contributed by atoms with Gasteiger partial charge in [-0.2, -0.15) is 4.98 Å². The van der Waals surface area contributed by atoms with Crippen LogP contribution >= 0.6 is 11.3 Å². The van der Waals surface area contributed by atoms with Crippen LogP contribution in [0.15, 0.2) is 139 Å². The van der Waals surface area contributed by atoms with E-state index in [9.17, 15) is 30.0 Å². The summed E-state index contributed by atoms with van der Waals surface area (Å²) >= 11 is 1.55. The number of rotatable bonds is 24. The molecule has 8 atom stereocenters. The molecule has 0 bridgehead atoms. The Bertz CT molecular complexity index is 6260. The molecule has 8 fully saturated rings. The molecule has 20 rings (SSSR count). The minimum Gasteiger partial charge on any atom is -0.507 e. The minimum absolute atomic E-state index is 0.0343. The zero-order valence-corrected chi connectivity index (χ0v) is 80.4. The molecule has 4 aromatic carbocycles. The zero-order chi connectivity index (χ0) is 96.3. The van der Waals surface area contributed by atoms with E-state index < -0.39 is 82.9 Å². The molecular weight excluding hydrogens is 1780 g/mol. The highest BCUT2D eigenvalue weighted by atomic mass is 32.1. The number of piperazine rings is 2. The van der Waals surface area contributed by atoms with E-state index in [0.717, 1.165) is 145 Å². The van der Waals surface area contributed by atoms with Gasteiger partial charge in [0.15, 0.2) is 11.5 Å². The predicted molar refractivity (Wildman–Crippen MR) is 528 cm³/mol. The van der Waals surface area contributed by atoms with E-state index in [0.29, 0.717) is 117 Å². The highest BCUT2D eigenvalue weighted by molar-refractivity contribution is 7.13. The number of nitrogens with zero attached hydrogens (tertiary/aromatic N) is 19.